The number of hydrazone groups is 1. The SMILES string of the molecule is O=C(N/N=C1/CCc2ccccc21)c1ccc(Br)cc1. The van der Waals surface area contributed by atoms with Crippen molar-refractivity contribution in [1.82, 2.24) is 5.43 Å². The molecule has 1 amide bonds. The van der Waals surface area contributed by atoms with Gasteiger partial charge < -0.3 is 0 Å². The number of aryl methyl sites for hydroxylation is 1. The van der Waals surface area contributed by atoms with Crippen LogP contribution >= 0.6 is 15.9 Å². The summed E-state index contributed by atoms with van der Waals surface area (Å²) < 4.78 is 0.949. The van der Waals surface area contributed by atoms with E-state index in [-0.39, 0.29) is 5.91 Å². The van der Waals surface area contributed by atoms with E-state index >= 15 is 0 Å². The molecular formula is C16H13BrN2O. The van der Waals surface area contributed by atoms with Gasteiger partial charge in [-0.1, -0.05) is 40.2 Å². The minimum absolute atomic E-state index is 0.186. The smallest absolute Gasteiger partial charge is 0.267 e. The molecule has 2 aromatic rings. The van der Waals surface area contributed by atoms with Crippen molar-refractivity contribution >= 4 is 27.5 Å². The van der Waals surface area contributed by atoms with Gasteiger partial charge in [0, 0.05) is 15.6 Å². The summed E-state index contributed by atoms with van der Waals surface area (Å²) in [6, 6.07) is 15.4. The highest BCUT2D eigenvalue weighted by molar-refractivity contribution is 9.10. The second kappa shape index (κ2) is 5.59. The zero-order valence-electron chi connectivity index (χ0n) is 10.8. The van der Waals surface area contributed by atoms with Gasteiger partial charge in [0.2, 0.25) is 0 Å². The van der Waals surface area contributed by atoms with Gasteiger partial charge in [-0.2, -0.15) is 5.10 Å². The highest BCUT2D eigenvalue weighted by Gasteiger charge is 2.17. The minimum Gasteiger partial charge on any atom is -0.267 e. The Hall–Kier alpha value is -1.94. The standard InChI is InChI=1S/C16H13BrN2O/c17-13-8-5-12(6-9-13)16(20)19-18-15-10-7-11-3-1-2-4-14(11)15/h1-6,8-9H,7,10H2,(H,19,20)/b18-15-. The first-order valence-electron chi connectivity index (χ1n) is 6.45. The summed E-state index contributed by atoms with van der Waals surface area (Å²) in [5.74, 6) is -0.186. The normalized spacial score (nSPS) is 15.2. The third kappa shape index (κ3) is 2.65. The van der Waals surface area contributed by atoms with Crippen LogP contribution in [0.5, 0.6) is 0 Å². The van der Waals surface area contributed by atoms with Crippen molar-refractivity contribution in [2.75, 3.05) is 0 Å². The summed E-state index contributed by atoms with van der Waals surface area (Å²) in [6.07, 6.45) is 1.86. The fourth-order valence-corrected chi connectivity index (χ4v) is 2.57. The molecule has 20 heavy (non-hydrogen) atoms. The number of fused-ring (bicyclic) bond motifs is 1. The summed E-state index contributed by atoms with van der Waals surface area (Å²) in [7, 11) is 0. The molecule has 0 heterocycles. The van der Waals surface area contributed by atoms with E-state index < -0.39 is 0 Å². The average molecular weight is 329 g/mol. The molecule has 0 spiro atoms. The predicted molar refractivity (Wildman–Crippen MR) is 82.9 cm³/mol. The number of hydrogen-bond donors (Lipinski definition) is 1. The molecule has 3 rings (SSSR count). The molecule has 1 aliphatic carbocycles. The average Bonchev–Trinajstić information content (AvgIpc) is 2.89. The van der Waals surface area contributed by atoms with E-state index in [0.29, 0.717) is 5.56 Å². The first-order chi connectivity index (χ1) is 9.74. The van der Waals surface area contributed by atoms with Crippen molar-refractivity contribution in [3.05, 3.63) is 69.7 Å². The van der Waals surface area contributed by atoms with Gasteiger partial charge in [-0.15, -0.1) is 0 Å². The lowest BCUT2D eigenvalue weighted by Crippen LogP contribution is -2.19. The van der Waals surface area contributed by atoms with Gasteiger partial charge in [0.1, 0.15) is 0 Å². The van der Waals surface area contributed by atoms with Gasteiger partial charge in [-0.25, -0.2) is 5.43 Å². The highest BCUT2D eigenvalue weighted by atomic mass is 79.9. The molecule has 0 unspecified atom stereocenters. The monoisotopic (exact) mass is 328 g/mol. The molecule has 0 aliphatic heterocycles. The fraction of sp³-hybridized carbons (Fsp3) is 0.125. The Morgan fingerprint density at radius 3 is 2.60 bits per heavy atom. The summed E-state index contributed by atoms with van der Waals surface area (Å²) in [5.41, 5.74) is 6.62. The Balaban J connectivity index is 1.75. The van der Waals surface area contributed by atoms with Crippen LogP contribution in [0.4, 0.5) is 0 Å². The van der Waals surface area contributed by atoms with E-state index in [1.165, 1.54) is 5.56 Å². The molecule has 1 N–H and O–H groups in total. The number of nitrogens with one attached hydrogen (secondary N) is 1. The third-order valence-electron chi connectivity index (χ3n) is 3.36. The van der Waals surface area contributed by atoms with Crippen molar-refractivity contribution in [1.29, 1.82) is 0 Å². The maximum absolute atomic E-state index is 12.0. The number of carbonyl (C=O) groups is 1. The minimum atomic E-state index is -0.186. The number of hydrogen-bond acceptors (Lipinski definition) is 2. The lowest BCUT2D eigenvalue weighted by atomic mass is 10.1. The Kier molecular flexibility index (Phi) is 3.65. The molecule has 0 fully saturated rings. The second-order valence-electron chi connectivity index (χ2n) is 4.66. The molecule has 100 valence electrons. The molecule has 0 saturated heterocycles. The van der Waals surface area contributed by atoms with Crippen LogP contribution in [0.3, 0.4) is 0 Å². The molecule has 4 heteroatoms. The van der Waals surface area contributed by atoms with Crippen LogP contribution in [0.15, 0.2) is 58.1 Å². The van der Waals surface area contributed by atoms with Gasteiger partial charge >= 0.3 is 0 Å². The molecule has 1 aliphatic rings. The van der Waals surface area contributed by atoms with Crippen LogP contribution in [0.25, 0.3) is 0 Å². The van der Waals surface area contributed by atoms with Crippen LogP contribution in [0, 0.1) is 0 Å². The quantitative estimate of drug-likeness (QED) is 0.842. The molecule has 0 aromatic heterocycles. The summed E-state index contributed by atoms with van der Waals surface area (Å²) in [5, 5.41) is 4.27. The number of nitrogens with zero attached hydrogens (tertiary/aromatic N) is 1. The van der Waals surface area contributed by atoms with Crippen molar-refractivity contribution < 1.29 is 4.79 Å². The van der Waals surface area contributed by atoms with Gasteiger partial charge in [0.15, 0.2) is 0 Å². The van der Waals surface area contributed by atoms with E-state index in [1.54, 1.807) is 12.1 Å². The second-order valence-corrected chi connectivity index (χ2v) is 5.58. The van der Waals surface area contributed by atoms with Gasteiger partial charge in [0.05, 0.1) is 5.71 Å². The molecule has 0 bridgehead atoms. The Morgan fingerprint density at radius 2 is 1.80 bits per heavy atom. The Morgan fingerprint density at radius 1 is 1.05 bits per heavy atom. The van der Waals surface area contributed by atoms with Crippen LogP contribution in [0.2, 0.25) is 0 Å². The van der Waals surface area contributed by atoms with Gasteiger partial charge in [0.25, 0.3) is 5.91 Å². The summed E-state index contributed by atoms with van der Waals surface area (Å²) >= 11 is 3.35. The molecule has 0 atom stereocenters. The zero-order chi connectivity index (χ0) is 13.9. The van der Waals surface area contributed by atoms with E-state index in [2.05, 4.69) is 32.5 Å². The Bertz CT molecular complexity index is 677. The van der Waals surface area contributed by atoms with E-state index in [4.69, 9.17) is 0 Å². The van der Waals surface area contributed by atoms with Crippen molar-refractivity contribution in [3.8, 4) is 0 Å². The lowest BCUT2D eigenvalue weighted by Gasteiger charge is -2.03. The van der Waals surface area contributed by atoms with Crippen molar-refractivity contribution in [2.24, 2.45) is 5.10 Å². The topological polar surface area (TPSA) is 41.5 Å². The number of carbonyl (C=O) groups excluding carboxylic acids is 1. The van der Waals surface area contributed by atoms with Crippen LogP contribution in [-0.2, 0) is 6.42 Å². The molecule has 2 aromatic carbocycles. The van der Waals surface area contributed by atoms with Gasteiger partial charge in [-0.05, 0) is 42.7 Å². The van der Waals surface area contributed by atoms with Crippen LogP contribution in [0.1, 0.15) is 27.9 Å². The number of benzene rings is 2. The summed E-state index contributed by atoms with van der Waals surface area (Å²) in [6.45, 7) is 0. The summed E-state index contributed by atoms with van der Waals surface area (Å²) in [4.78, 5) is 12.0. The highest BCUT2D eigenvalue weighted by Crippen LogP contribution is 2.21. The number of halogens is 1. The maximum atomic E-state index is 12.0. The molecule has 0 radical (unpaired) electrons. The number of rotatable bonds is 2. The first-order valence-corrected chi connectivity index (χ1v) is 7.24. The van der Waals surface area contributed by atoms with Crippen molar-refractivity contribution in [3.63, 3.8) is 0 Å². The van der Waals surface area contributed by atoms with E-state index in [0.717, 1.165) is 28.6 Å². The fourth-order valence-electron chi connectivity index (χ4n) is 2.31. The molecule has 0 saturated carbocycles. The third-order valence-corrected chi connectivity index (χ3v) is 3.89. The van der Waals surface area contributed by atoms with E-state index in [9.17, 15) is 4.79 Å². The number of amides is 1. The van der Waals surface area contributed by atoms with Crippen LogP contribution in [-0.4, -0.2) is 11.6 Å². The predicted octanol–water partition coefficient (Wildman–Crippen LogP) is 3.53. The zero-order valence-corrected chi connectivity index (χ0v) is 12.4. The lowest BCUT2D eigenvalue weighted by molar-refractivity contribution is 0.0955. The van der Waals surface area contributed by atoms with Crippen molar-refractivity contribution in [2.45, 2.75) is 12.8 Å². The van der Waals surface area contributed by atoms with E-state index in [1.807, 2.05) is 30.3 Å². The van der Waals surface area contributed by atoms with Gasteiger partial charge in [-0.3, -0.25) is 4.79 Å². The van der Waals surface area contributed by atoms with Crippen LogP contribution < -0.4 is 5.43 Å². The largest absolute Gasteiger partial charge is 0.271 e. The molecular weight excluding hydrogens is 316 g/mol. The maximum Gasteiger partial charge on any atom is 0.271 e. The molecule has 3 nitrogen and oxygen atoms in total. The first kappa shape index (κ1) is 13.1. The Labute approximate surface area is 125 Å².